The Hall–Kier alpha value is -4.08. The second kappa shape index (κ2) is 7.56. The van der Waals surface area contributed by atoms with Gasteiger partial charge in [-0.1, -0.05) is 29.4 Å². The lowest BCUT2D eigenvalue weighted by molar-refractivity contribution is -0.137. The van der Waals surface area contributed by atoms with Crippen LogP contribution in [0.5, 0.6) is 0 Å². The third-order valence-corrected chi connectivity index (χ3v) is 5.95. The third kappa shape index (κ3) is 3.59. The van der Waals surface area contributed by atoms with E-state index < -0.39 is 11.4 Å². The lowest BCUT2D eigenvalue weighted by Gasteiger charge is -2.27. The number of rotatable bonds is 7. The van der Waals surface area contributed by atoms with Gasteiger partial charge in [-0.25, -0.2) is 9.97 Å². The van der Waals surface area contributed by atoms with Crippen molar-refractivity contribution in [2.45, 2.75) is 31.7 Å². The maximum absolute atomic E-state index is 10.9. The van der Waals surface area contributed by atoms with E-state index >= 15 is 0 Å². The highest BCUT2D eigenvalue weighted by Gasteiger charge is 2.47. The molecular weight excluding hydrogens is 410 g/mol. The highest BCUT2D eigenvalue weighted by molar-refractivity contribution is 5.66. The SMILES string of the molecule is CC(c1ccc(-c2cnc(N)nc2)cc1)(c1noc(-c2cnn(CC(=O)O)c2)n1)C1CC1. The van der Waals surface area contributed by atoms with Crippen LogP contribution >= 0.6 is 0 Å². The lowest BCUT2D eigenvalue weighted by atomic mass is 9.77. The number of aromatic nitrogens is 6. The molecule has 32 heavy (non-hydrogen) atoms. The summed E-state index contributed by atoms with van der Waals surface area (Å²) in [4.78, 5) is 23.7. The largest absolute Gasteiger partial charge is 0.480 e. The van der Waals surface area contributed by atoms with Crippen molar-refractivity contribution in [1.29, 1.82) is 0 Å². The van der Waals surface area contributed by atoms with E-state index in [0.717, 1.165) is 29.5 Å². The molecule has 1 unspecified atom stereocenters. The minimum atomic E-state index is -0.971. The van der Waals surface area contributed by atoms with Crippen LogP contribution in [0.3, 0.4) is 0 Å². The maximum atomic E-state index is 10.9. The minimum absolute atomic E-state index is 0.230. The number of nitrogens with two attached hydrogens (primary N) is 1. The molecule has 1 aliphatic rings. The van der Waals surface area contributed by atoms with E-state index in [4.69, 9.17) is 15.4 Å². The summed E-state index contributed by atoms with van der Waals surface area (Å²) in [7, 11) is 0. The smallest absolute Gasteiger partial charge is 0.325 e. The highest BCUT2D eigenvalue weighted by atomic mass is 16.5. The van der Waals surface area contributed by atoms with Crippen molar-refractivity contribution in [1.82, 2.24) is 29.9 Å². The average Bonchev–Trinajstić information content (AvgIpc) is 3.35. The summed E-state index contributed by atoms with van der Waals surface area (Å²) in [6.07, 6.45) is 8.69. The van der Waals surface area contributed by atoms with E-state index in [1.807, 2.05) is 12.1 Å². The molecule has 1 aromatic carbocycles. The zero-order valence-electron chi connectivity index (χ0n) is 17.3. The number of benzene rings is 1. The summed E-state index contributed by atoms with van der Waals surface area (Å²) in [5, 5.41) is 17.3. The van der Waals surface area contributed by atoms with Crippen LogP contribution in [0.25, 0.3) is 22.6 Å². The Balaban J connectivity index is 1.45. The number of carboxylic acid groups (broad SMARTS) is 1. The summed E-state index contributed by atoms with van der Waals surface area (Å²) in [5.74, 6) is 0.603. The molecule has 0 bridgehead atoms. The molecule has 0 spiro atoms. The molecule has 4 aromatic rings. The van der Waals surface area contributed by atoms with Gasteiger partial charge in [-0.3, -0.25) is 9.48 Å². The summed E-state index contributed by atoms with van der Waals surface area (Å²) >= 11 is 0. The van der Waals surface area contributed by atoms with Crippen LogP contribution in [0.1, 0.15) is 31.2 Å². The van der Waals surface area contributed by atoms with Crippen molar-refractivity contribution in [3.8, 4) is 22.6 Å². The van der Waals surface area contributed by atoms with Gasteiger partial charge in [0.25, 0.3) is 5.89 Å². The zero-order chi connectivity index (χ0) is 22.3. The van der Waals surface area contributed by atoms with Crippen molar-refractivity contribution in [3.05, 3.63) is 60.4 Å². The zero-order valence-corrected chi connectivity index (χ0v) is 17.3. The molecule has 1 saturated carbocycles. The van der Waals surface area contributed by atoms with Gasteiger partial charge in [0.2, 0.25) is 5.95 Å². The molecule has 5 rings (SSSR count). The standard InChI is InChI=1S/C22H21N7O3/c1-22(17-6-7-17,16-4-2-13(3-5-16)14-8-24-21(23)25-9-14)20-27-19(32-28-20)15-10-26-29(11-15)12-18(30)31/h2-5,8-11,17H,6-7,12H2,1H3,(H,30,31)(H2,23,24,25). The molecule has 1 atom stereocenters. The van der Waals surface area contributed by atoms with E-state index in [1.54, 1.807) is 18.6 Å². The van der Waals surface area contributed by atoms with Crippen LogP contribution in [-0.2, 0) is 16.8 Å². The van der Waals surface area contributed by atoms with Gasteiger partial charge in [0.05, 0.1) is 17.2 Å². The number of hydrogen-bond acceptors (Lipinski definition) is 8. The molecule has 162 valence electrons. The molecule has 1 fully saturated rings. The van der Waals surface area contributed by atoms with Crippen LogP contribution in [0, 0.1) is 5.92 Å². The van der Waals surface area contributed by atoms with Gasteiger partial charge in [-0.15, -0.1) is 0 Å². The van der Waals surface area contributed by atoms with Crippen LogP contribution in [0.2, 0.25) is 0 Å². The summed E-state index contributed by atoms with van der Waals surface area (Å²) in [5.41, 5.74) is 8.73. The second-order valence-corrected chi connectivity index (χ2v) is 8.13. The Labute approximate surface area is 183 Å². The number of carbonyl (C=O) groups is 1. The summed E-state index contributed by atoms with van der Waals surface area (Å²) in [6.45, 7) is 1.90. The van der Waals surface area contributed by atoms with Gasteiger partial charge in [0.15, 0.2) is 5.82 Å². The van der Waals surface area contributed by atoms with E-state index in [9.17, 15) is 4.79 Å². The van der Waals surface area contributed by atoms with Crippen molar-refractivity contribution < 1.29 is 14.4 Å². The monoisotopic (exact) mass is 431 g/mol. The van der Waals surface area contributed by atoms with Crippen molar-refractivity contribution >= 4 is 11.9 Å². The Morgan fingerprint density at radius 2 is 1.88 bits per heavy atom. The number of anilines is 1. The normalized spacial score (nSPS) is 15.4. The molecule has 0 saturated heterocycles. The fourth-order valence-corrected chi connectivity index (χ4v) is 3.95. The first-order chi connectivity index (χ1) is 15.4. The second-order valence-electron chi connectivity index (χ2n) is 8.13. The third-order valence-electron chi connectivity index (χ3n) is 5.95. The van der Waals surface area contributed by atoms with Gasteiger partial charge in [-0.2, -0.15) is 10.1 Å². The number of aliphatic carboxylic acids is 1. The first-order valence-corrected chi connectivity index (χ1v) is 10.2. The molecule has 3 N–H and O–H groups in total. The predicted octanol–water partition coefficient (Wildman–Crippen LogP) is 2.77. The van der Waals surface area contributed by atoms with Crippen LogP contribution in [0.15, 0.2) is 53.6 Å². The molecule has 10 heteroatoms. The number of nitrogens with zero attached hydrogens (tertiary/aromatic N) is 6. The Morgan fingerprint density at radius 3 is 2.53 bits per heavy atom. The quantitative estimate of drug-likeness (QED) is 0.451. The highest BCUT2D eigenvalue weighted by Crippen LogP contribution is 2.50. The predicted molar refractivity (Wildman–Crippen MR) is 114 cm³/mol. The van der Waals surface area contributed by atoms with E-state index in [2.05, 4.69) is 44.3 Å². The van der Waals surface area contributed by atoms with Gasteiger partial charge in [-0.05, 0) is 36.8 Å². The molecule has 10 nitrogen and oxygen atoms in total. The first kappa shape index (κ1) is 19.9. The lowest BCUT2D eigenvalue weighted by Crippen LogP contribution is -2.28. The van der Waals surface area contributed by atoms with E-state index in [0.29, 0.717) is 23.2 Å². The van der Waals surface area contributed by atoms with Gasteiger partial charge >= 0.3 is 5.97 Å². The Bertz CT molecular complexity index is 1260. The van der Waals surface area contributed by atoms with Gasteiger partial charge in [0, 0.05) is 24.2 Å². The molecular formula is C22H21N7O3. The van der Waals surface area contributed by atoms with Crippen molar-refractivity contribution in [3.63, 3.8) is 0 Å². The molecule has 1 aliphatic carbocycles. The fraction of sp³-hybridized carbons (Fsp3) is 0.273. The van der Waals surface area contributed by atoms with Gasteiger partial charge < -0.3 is 15.4 Å². The molecule has 0 radical (unpaired) electrons. The molecule has 3 heterocycles. The fourth-order valence-electron chi connectivity index (χ4n) is 3.95. The minimum Gasteiger partial charge on any atom is -0.480 e. The Kier molecular flexibility index (Phi) is 4.69. The number of nitrogen functional groups attached to an aromatic ring is 1. The van der Waals surface area contributed by atoms with Crippen molar-refractivity contribution in [2.24, 2.45) is 5.92 Å². The van der Waals surface area contributed by atoms with Crippen LogP contribution < -0.4 is 5.73 Å². The van der Waals surface area contributed by atoms with Crippen LogP contribution in [-0.4, -0.2) is 41.0 Å². The van der Waals surface area contributed by atoms with Crippen molar-refractivity contribution in [2.75, 3.05) is 5.73 Å². The first-order valence-electron chi connectivity index (χ1n) is 10.2. The Morgan fingerprint density at radius 1 is 1.16 bits per heavy atom. The van der Waals surface area contributed by atoms with Crippen LogP contribution in [0.4, 0.5) is 5.95 Å². The van der Waals surface area contributed by atoms with Gasteiger partial charge in [0.1, 0.15) is 6.54 Å². The molecule has 0 amide bonds. The van der Waals surface area contributed by atoms with E-state index in [-0.39, 0.29) is 12.5 Å². The molecule has 0 aliphatic heterocycles. The number of carboxylic acids is 1. The average molecular weight is 431 g/mol. The van der Waals surface area contributed by atoms with E-state index in [1.165, 1.54) is 10.9 Å². The maximum Gasteiger partial charge on any atom is 0.325 e. The number of hydrogen-bond donors (Lipinski definition) is 2. The molecule has 3 aromatic heterocycles. The summed E-state index contributed by atoms with van der Waals surface area (Å²) < 4.78 is 6.85. The summed E-state index contributed by atoms with van der Waals surface area (Å²) in [6, 6.07) is 8.21. The topological polar surface area (TPSA) is 146 Å².